The van der Waals surface area contributed by atoms with E-state index in [1.807, 2.05) is 6.92 Å². The fourth-order valence-electron chi connectivity index (χ4n) is 2.81. The van der Waals surface area contributed by atoms with Crippen LogP contribution in [0.15, 0.2) is 0 Å². The molecule has 1 N–H and O–H groups in total. The molecule has 2 rings (SSSR count). The molecule has 172 valence electrons. The molecule has 2 fully saturated rings. The van der Waals surface area contributed by atoms with Gasteiger partial charge in [-0.3, -0.25) is 5.26 Å². The van der Waals surface area contributed by atoms with Crippen LogP contribution in [0.2, 0.25) is 0 Å². The summed E-state index contributed by atoms with van der Waals surface area (Å²) in [6, 6.07) is 0. The van der Waals surface area contributed by atoms with Crippen molar-refractivity contribution in [2.24, 2.45) is 0 Å². The van der Waals surface area contributed by atoms with Crippen LogP contribution in [0.1, 0.15) is 103 Å². The van der Waals surface area contributed by atoms with Crippen LogP contribution in [0.25, 0.3) is 0 Å². The Labute approximate surface area is 210 Å². The quantitative estimate of drug-likeness (QED) is 0.135. The van der Waals surface area contributed by atoms with Crippen LogP contribution in [-0.4, -0.2) is 10.9 Å². The third-order valence-corrected chi connectivity index (χ3v) is 5.90. The molecule has 2 aliphatic carbocycles. The average Bonchev–Trinajstić information content (AvgIpc) is 2.93. The van der Waals surface area contributed by atoms with Gasteiger partial charge in [0, 0.05) is 25.8 Å². The fourth-order valence-corrected chi connectivity index (χ4v) is 2.81. The molecule has 0 unspecified atom stereocenters. The van der Waals surface area contributed by atoms with Crippen LogP contribution >= 0.6 is 0 Å². The van der Waals surface area contributed by atoms with Crippen molar-refractivity contribution in [3.63, 3.8) is 0 Å². The average molecular weight is 582 g/mol. The Morgan fingerprint density at radius 1 is 0.567 bits per heavy atom. The third-order valence-electron chi connectivity index (χ3n) is 5.90. The molecule has 0 amide bonds. The van der Waals surface area contributed by atoms with Crippen LogP contribution in [0.3, 0.4) is 0 Å². The van der Waals surface area contributed by atoms with Crippen molar-refractivity contribution in [2.45, 2.75) is 109 Å². The van der Waals surface area contributed by atoms with Gasteiger partial charge in [0.1, 0.15) is 0 Å². The van der Waals surface area contributed by atoms with Crippen LogP contribution in [0.5, 0.6) is 0 Å². The minimum Gasteiger partial charge on any atom is -0.344 e. The van der Waals surface area contributed by atoms with Gasteiger partial charge in [0.15, 0.2) is 0 Å². The summed E-state index contributed by atoms with van der Waals surface area (Å²) in [7, 11) is 0. The summed E-state index contributed by atoms with van der Waals surface area (Å²) in [6.45, 7) is 32.8. The Morgan fingerprint density at radius 2 is 0.633 bits per heavy atom. The van der Waals surface area contributed by atoms with E-state index in [4.69, 9.17) is 5.26 Å². The second-order valence-corrected chi connectivity index (χ2v) is 8.95. The Hall–Kier alpha value is 0.790. The van der Waals surface area contributed by atoms with Crippen LogP contribution < -0.4 is 0 Å². The van der Waals surface area contributed by atoms with Gasteiger partial charge in [0.05, 0.1) is 5.60 Å². The molecule has 0 atom stereocenters. The number of rotatable bonds is 0. The molecule has 0 aliphatic heterocycles. The van der Waals surface area contributed by atoms with E-state index in [0.717, 1.165) is 6.42 Å². The van der Waals surface area contributed by atoms with Crippen molar-refractivity contribution in [1.29, 1.82) is 0 Å². The maximum absolute atomic E-state index is 7.90. The summed E-state index contributed by atoms with van der Waals surface area (Å²) >= 11 is 0. The zero-order valence-electron chi connectivity index (χ0n) is 22.3. The standard InChI is InChI=1S/2C10H15.C4H10O2.C3H7.Hf/c2*1-6-7(2)9(4)10(5)8(6)3;1-4(2,3)6-5;1-3-2;/h2*1-5H3;5H,1-3H3;1,3H2,2H3;/q;;;-1;. The van der Waals surface area contributed by atoms with Crippen LogP contribution in [0.4, 0.5) is 0 Å². The monoisotopic (exact) mass is 583 g/mol. The Bertz CT molecular complexity index is 286. The Morgan fingerprint density at radius 3 is 0.667 bits per heavy atom. The van der Waals surface area contributed by atoms with E-state index in [0.29, 0.717) is 0 Å². The minimum atomic E-state index is -0.403. The van der Waals surface area contributed by atoms with E-state index in [1.165, 1.54) is 59.2 Å². The number of hydrogen-bond donors (Lipinski definition) is 1. The van der Waals surface area contributed by atoms with Gasteiger partial charge in [0.2, 0.25) is 0 Å². The summed E-state index contributed by atoms with van der Waals surface area (Å²) in [5.41, 5.74) is -0.403. The van der Waals surface area contributed by atoms with Crippen LogP contribution in [-0.2, 0) is 30.7 Å². The van der Waals surface area contributed by atoms with E-state index >= 15 is 0 Å². The molecule has 0 aromatic carbocycles. The normalized spacial score (nSPS) is 22.0. The molecule has 2 aliphatic rings. The molecular formula is C27H47HfO2-. The topological polar surface area (TPSA) is 29.5 Å². The molecule has 0 saturated heterocycles. The second kappa shape index (κ2) is 16.4. The summed E-state index contributed by atoms with van der Waals surface area (Å²) in [4.78, 5) is 3.94. The van der Waals surface area contributed by atoms with Gasteiger partial charge in [-0.15, -0.1) is 0 Å². The third kappa shape index (κ3) is 11.6. The minimum absolute atomic E-state index is 0. The van der Waals surface area contributed by atoms with Gasteiger partial charge < -0.3 is 6.92 Å². The SMILES string of the molecule is CC(C)(C)OO.C[C]1[C](C)[C](C)[C](C)[C]1C.C[C]1[C](C)[C](C)[C](C)[C]1C.[CH2-]CC.[Hf]. The summed E-state index contributed by atoms with van der Waals surface area (Å²) in [6.07, 6.45) is 1.00. The molecule has 2 saturated carbocycles. The van der Waals surface area contributed by atoms with E-state index in [2.05, 4.69) is 81.0 Å². The Kier molecular flexibility index (Phi) is 19.4. The van der Waals surface area contributed by atoms with Crippen molar-refractivity contribution in [3.05, 3.63) is 66.1 Å². The molecule has 10 radical (unpaired) electrons. The molecule has 3 heteroatoms. The van der Waals surface area contributed by atoms with Crippen molar-refractivity contribution in [3.8, 4) is 0 Å². The molecule has 0 bridgehead atoms. The van der Waals surface area contributed by atoms with Gasteiger partial charge in [-0.05, 0) is 80.0 Å². The van der Waals surface area contributed by atoms with Crippen molar-refractivity contribution in [2.75, 3.05) is 0 Å². The van der Waals surface area contributed by atoms with Gasteiger partial charge in [-0.25, -0.2) is 4.89 Å². The second-order valence-electron chi connectivity index (χ2n) is 8.95. The van der Waals surface area contributed by atoms with Gasteiger partial charge >= 0.3 is 0 Å². The van der Waals surface area contributed by atoms with E-state index in [1.54, 1.807) is 20.8 Å². The van der Waals surface area contributed by atoms with E-state index in [9.17, 15) is 0 Å². The molecule has 0 spiro atoms. The molecule has 0 aromatic rings. The first kappa shape index (κ1) is 35.4. The van der Waals surface area contributed by atoms with Crippen LogP contribution in [0, 0.1) is 66.1 Å². The van der Waals surface area contributed by atoms with Crippen molar-refractivity contribution < 1.29 is 36.0 Å². The van der Waals surface area contributed by atoms with Crippen molar-refractivity contribution >= 4 is 0 Å². The molecule has 30 heavy (non-hydrogen) atoms. The predicted octanol–water partition coefficient (Wildman–Crippen LogP) is 8.45. The molecular weight excluding hydrogens is 535 g/mol. The zero-order valence-corrected chi connectivity index (χ0v) is 25.9. The summed E-state index contributed by atoms with van der Waals surface area (Å²) in [5.74, 6) is 14.7. The maximum atomic E-state index is 7.90. The van der Waals surface area contributed by atoms with E-state index in [-0.39, 0.29) is 25.8 Å². The maximum Gasteiger partial charge on any atom is 0.0949 e. The predicted molar refractivity (Wildman–Crippen MR) is 128 cm³/mol. The van der Waals surface area contributed by atoms with Crippen molar-refractivity contribution in [1.82, 2.24) is 0 Å². The van der Waals surface area contributed by atoms with Gasteiger partial charge in [-0.1, -0.05) is 76.2 Å². The molecule has 0 heterocycles. The van der Waals surface area contributed by atoms with Gasteiger partial charge in [0.25, 0.3) is 0 Å². The van der Waals surface area contributed by atoms with Gasteiger partial charge in [-0.2, -0.15) is 6.42 Å². The molecule has 2 nitrogen and oxygen atoms in total. The summed E-state index contributed by atoms with van der Waals surface area (Å²) < 4.78 is 0. The summed E-state index contributed by atoms with van der Waals surface area (Å²) in [5, 5.41) is 7.90. The number of hydrogen-bond acceptors (Lipinski definition) is 2. The fraction of sp³-hybridized carbons (Fsp3) is 0.593. The zero-order chi connectivity index (χ0) is 23.7. The van der Waals surface area contributed by atoms with E-state index < -0.39 is 5.60 Å². The largest absolute Gasteiger partial charge is 0.344 e. The first-order chi connectivity index (χ1) is 13.1. The Balaban J connectivity index is -0.000000346. The smallest absolute Gasteiger partial charge is 0.0949 e. The molecule has 0 aromatic heterocycles. The first-order valence-corrected chi connectivity index (χ1v) is 10.6. The first-order valence-electron chi connectivity index (χ1n) is 10.6.